The van der Waals surface area contributed by atoms with Crippen LogP contribution in [-0.2, 0) is 19.3 Å². The number of fused-ring (bicyclic) bond motifs is 1. The van der Waals surface area contributed by atoms with Crippen LogP contribution in [0.4, 0.5) is 0 Å². The van der Waals surface area contributed by atoms with Gasteiger partial charge >= 0.3 is 0 Å². The molecule has 3 rings (SSSR count). The van der Waals surface area contributed by atoms with Gasteiger partial charge in [-0.25, -0.2) is 0 Å². The number of benzene rings is 1. The molecule has 1 aromatic heterocycles. The largest absolute Gasteiger partial charge is 0.306 e. The van der Waals surface area contributed by atoms with Crippen molar-refractivity contribution in [2.45, 2.75) is 45.6 Å². The molecule has 0 fully saturated rings. The molecule has 1 aromatic carbocycles. The summed E-state index contributed by atoms with van der Waals surface area (Å²) in [6.45, 7) is 5.44. The van der Waals surface area contributed by atoms with E-state index in [1.165, 1.54) is 35.3 Å². The van der Waals surface area contributed by atoms with E-state index in [4.69, 9.17) is 0 Å². The Kier molecular flexibility index (Phi) is 4.23. The average Bonchev–Trinajstić information content (AvgIpc) is 3.12. The van der Waals surface area contributed by atoms with Gasteiger partial charge in [-0.1, -0.05) is 32.0 Å². The van der Waals surface area contributed by atoms with Crippen LogP contribution in [-0.4, -0.2) is 6.54 Å². The maximum absolute atomic E-state index is 3.68. The normalized spacial score (nSPS) is 15.3. The van der Waals surface area contributed by atoms with Gasteiger partial charge in [0.1, 0.15) is 0 Å². The smallest absolute Gasteiger partial charge is 0.0673 e. The van der Waals surface area contributed by atoms with Crippen LogP contribution >= 0.6 is 11.3 Å². The summed E-state index contributed by atoms with van der Waals surface area (Å²) >= 11 is 1.89. The summed E-state index contributed by atoms with van der Waals surface area (Å²) in [6.07, 6.45) is 4.96. The second kappa shape index (κ2) is 6.11. The Labute approximate surface area is 126 Å². The van der Waals surface area contributed by atoms with Gasteiger partial charge in [-0.3, -0.25) is 0 Å². The molecule has 106 valence electrons. The number of hydrogen-bond acceptors (Lipinski definition) is 2. The van der Waals surface area contributed by atoms with Crippen LogP contribution in [0, 0.1) is 0 Å². The van der Waals surface area contributed by atoms with Crippen LogP contribution in [0.25, 0.3) is 0 Å². The highest BCUT2D eigenvalue weighted by Gasteiger charge is 2.19. The van der Waals surface area contributed by atoms with E-state index in [2.05, 4.69) is 48.8 Å². The van der Waals surface area contributed by atoms with E-state index in [-0.39, 0.29) is 0 Å². The van der Waals surface area contributed by atoms with Crippen molar-refractivity contribution in [1.82, 2.24) is 5.32 Å². The molecule has 0 saturated heterocycles. The Morgan fingerprint density at radius 3 is 2.80 bits per heavy atom. The summed E-state index contributed by atoms with van der Waals surface area (Å²) in [5.41, 5.74) is 6.05. The van der Waals surface area contributed by atoms with Crippen LogP contribution in [0.5, 0.6) is 0 Å². The molecule has 0 saturated carbocycles. The van der Waals surface area contributed by atoms with Crippen molar-refractivity contribution in [3.05, 3.63) is 56.8 Å². The Morgan fingerprint density at radius 2 is 2.00 bits per heavy atom. The number of nitrogens with one attached hydrogen (secondary N) is 1. The van der Waals surface area contributed by atoms with E-state index >= 15 is 0 Å². The average molecular weight is 285 g/mol. The zero-order valence-electron chi connectivity index (χ0n) is 12.4. The highest BCUT2D eigenvalue weighted by Crippen LogP contribution is 2.32. The number of thiophene rings is 1. The highest BCUT2D eigenvalue weighted by atomic mass is 32.1. The summed E-state index contributed by atoms with van der Waals surface area (Å²) in [7, 11) is 0. The lowest BCUT2D eigenvalue weighted by Crippen LogP contribution is -2.22. The molecule has 0 radical (unpaired) electrons. The van der Waals surface area contributed by atoms with E-state index in [0.29, 0.717) is 6.04 Å². The molecule has 1 N–H and O–H groups in total. The van der Waals surface area contributed by atoms with Crippen molar-refractivity contribution in [2.24, 2.45) is 0 Å². The fourth-order valence-corrected chi connectivity index (χ4v) is 4.33. The zero-order chi connectivity index (χ0) is 13.9. The Balaban J connectivity index is 1.98. The first kappa shape index (κ1) is 13.8. The highest BCUT2D eigenvalue weighted by molar-refractivity contribution is 7.10. The maximum atomic E-state index is 3.68. The van der Waals surface area contributed by atoms with E-state index in [1.54, 1.807) is 11.1 Å². The molecule has 1 aliphatic carbocycles. The van der Waals surface area contributed by atoms with Crippen molar-refractivity contribution in [2.75, 3.05) is 6.54 Å². The van der Waals surface area contributed by atoms with Gasteiger partial charge in [-0.2, -0.15) is 0 Å². The summed E-state index contributed by atoms with van der Waals surface area (Å²) in [4.78, 5) is 1.49. The number of hydrogen-bond donors (Lipinski definition) is 1. The molecule has 2 heteroatoms. The minimum Gasteiger partial charge on any atom is -0.306 e. The van der Waals surface area contributed by atoms with Gasteiger partial charge in [-0.15, -0.1) is 11.3 Å². The monoisotopic (exact) mass is 285 g/mol. The third-order valence-corrected chi connectivity index (χ3v) is 5.31. The van der Waals surface area contributed by atoms with E-state index < -0.39 is 0 Å². The van der Waals surface area contributed by atoms with Crippen LogP contribution in [0.15, 0.2) is 29.6 Å². The third kappa shape index (κ3) is 2.55. The second-order valence-corrected chi connectivity index (χ2v) is 6.48. The van der Waals surface area contributed by atoms with Crippen LogP contribution in [0.3, 0.4) is 0 Å². The lowest BCUT2D eigenvalue weighted by molar-refractivity contribution is 0.635. The number of aryl methyl sites for hydroxylation is 3. The molecule has 2 aromatic rings. The fourth-order valence-electron chi connectivity index (χ4n) is 3.23. The molecular formula is C18H23NS. The molecule has 0 spiro atoms. The summed E-state index contributed by atoms with van der Waals surface area (Å²) in [5, 5.41) is 5.91. The summed E-state index contributed by atoms with van der Waals surface area (Å²) in [6, 6.07) is 9.76. The fraction of sp³-hybridized carbons (Fsp3) is 0.444. The Morgan fingerprint density at radius 1 is 1.15 bits per heavy atom. The molecule has 1 aliphatic rings. The molecule has 1 heterocycles. The SMILES string of the molecule is CCNC(c1ccc2c(c1)CCC2)c1sccc1CC. The lowest BCUT2D eigenvalue weighted by atomic mass is 9.98. The van der Waals surface area contributed by atoms with Crippen molar-refractivity contribution in [1.29, 1.82) is 0 Å². The minimum absolute atomic E-state index is 0.362. The first-order chi connectivity index (χ1) is 9.83. The summed E-state index contributed by atoms with van der Waals surface area (Å²) in [5.74, 6) is 0. The van der Waals surface area contributed by atoms with E-state index in [0.717, 1.165) is 13.0 Å². The first-order valence-electron chi connectivity index (χ1n) is 7.74. The van der Waals surface area contributed by atoms with Gasteiger partial charge in [0.15, 0.2) is 0 Å². The van der Waals surface area contributed by atoms with Crippen LogP contribution in [0.2, 0.25) is 0 Å². The van der Waals surface area contributed by atoms with Crippen molar-refractivity contribution < 1.29 is 0 Å². The maximum Gasteiger partial charge on any atom is 0.0673 e. The first-order valence-corrected chi connectivity index (χ1v) is 8.62. The Bertz CT molecular complexity index is 585. The molecule has 0 bridgehead atoms. The minimum atomic E-state index is 0.362. The van der Waals surface area contributed by atoms with Crippen LogP contribution in [0.1, 0.15) is 53.4 Å². The zero-order valence-corrected chi connectivity index (χ0v) is 13.2. The molecule has 1 nitrogen and oxygen atoms in total. The molecule has 0 aliphatic heterocycles. The van der Waals surface area contributed by atoms with Gasteiger partial charge in [0, 0.05) is 4.88 Å². The molecule has 1 unspecified atom stereocenters. The standard InChI is InChI=1S/C18H23NS/c1-3-13-10-11-20-18(13)17(19-4-2)16-9-8-14-6-5-7-15(14)12-16/h8-12,17,19H,3-7H2,1-2H3. The van der Waals surface area contributed by atoms with Gasteiger partial charge in [0.05, 0.1) is 6.04 Å². The van der Waals surface area contributed by atoms with Gasteiger partial charge in [0.25, 0.3) is 0 Å². The van der Waals surface area contributed by atoms with Crippen molar-refractivity contribution >= 4 is 11.3 Å². The van der Waals surface area contributed by atoms with Crippen LogP contribution < -0.4 is 5.32 Å². The lowest BCUT2D eigenvalue weighted by Gasteiger charge is -2.20. The van der Waals surface area contributed by atoms with E-state index in [1.807, 2.05) is 11.3 Å². The predicted molar refractivity (Wildman–Crippen MR) is 87.7 cm³/mol. The van der Waals surface area contributed by atoms with Gasteiger partial charge in [0.2, 0.25) is 0 Å². The van der Waals surface area contributed by atoms with Crippen molar-refractivity contribution in [3.63, 3.8) is 0 Å². The molecule has 0 amide bonds. The van der Waals surface area contributed by atoms with Crippen molar-refractivity contribution in [3.8, 4) is 0 Å². The topological polar surface area (TPSA) is 12.0 Å². The predicted octanol–water partition coefficient (Wildman–Crippen LogP) is 4.50. The summed E-state index contributed by atoms with van der Waals surface area (Å²) < 4.78 is 0. The molecule has 20 heavy (non-hydrogen) atoms. The number of rotatable bonds is 5. The van der Waals surface area contributed by atoms with Gasteiger partial charge in [-0.05, 0) is 65.9 Å². The quantitative estimate of drug-likeness (QED) is 0.853. The van der Waals surface area contributed by atoms with E-state index in [9.17, 15) is 0 Å². The Hall–Kier alpha value is -1.12. The molecular weight excluding hydrogens is 262 g/mol. The molecule has 1 atom stereocenters. The van der Waals surface area contributed by atoms with Gasteiger partial charge < -0.3 is 5.32 Å². The third-order valence-electron chi connectivity index (χ3n) is 4.29. The second-order valence-electron chi connectivity index (χ2n) is 5.54.